The van der Waals surface area contributed by atoms with Crippen LogP contribution in [0.15, 0.2) is 47.4 Å². The van der Waals surface area contributed by atoms with E-state index in [2.05, 4.69) is 9.46 Å². The second-order valence-corrected chi connectivity index (χ2v) is 7.17. The molecule has 8 heteroatoms. The molecule has 0 heterocycles. The SMILES string of the molecule is COC(=O)c1ccc(CNS(=O)(=O)c2ccc(Cl)c(Cl)c2)cc1. The number of benzene rings is 2. The van der Waals surface area contributed by atoms with Crippen molar-refractivity contribution in [1.82, 2.24) is 4.72 Å². The first-order chi connectivity index (χ1) is 10.8. The van der Waals surface area contributed by atoms with Crippen LogP contribution in [0.4, 0.5) is 0 Å². The normalized spacial score (nSPS) is 11.3. The summed E-state index contributed by atoms with van der Waals surface area (Å²) < 4.78 is 31.5. The summed E-state index contributed by atoms with van der Waals surface area (Å²) in [7, 11) is -2.42. The molecular weight excluding hydrogens is 361 g/mol. The molecule has 0 amide bonds. The molecule has 0 saturated carbocycles. The quantitative estimate of drug-likeness (QED) is 0.816. The second-order valence-electron chi connectivity index (χ2n) is 4.59. The number of rotatable bonds is 5. The van der Waals surface area contributed by atoms with E-state index in [1.54, 1.807) is 24.3 Å². The van der Waals surface area contributed by atoms with E-state index in [9.17, 15) is 13.2 Å². The van der Waals surface area contributed by atoms with Gasteiger partial charge in [-0.15, -0.1) is 0 Å². The van der Waals surface area contributed by atoms with E-state index in [0.717, 1.165) is 0 Å². The highest BCUT2D eigenvalue weighted by Crippen LogP contribution is 2.24. The molecule has 23 heavy (non-hydrogen) atoms. The van der Waals surface area contributed by atoms with Crippen molar-refractivity contribution in [3.05, 3.63) is 63.6 Å². The number of hydrogen-bond acceptors (Lipinski definition) is 4. The highest BCUT2D eigenvalue weighted by atomic mass is 35.5. The molecule has 2 aromatic carbocycles. The number of carbonyl (C=O) groups excluding carboxylic acids is 1. The summed E-state index contributed by atoms with van der Waals surface area (Å²) in [6, 6.07) is 10.5. The molecule has 0 bridgehead atoms. The molecule has 0 fully saturated rings. The van der Waals surface area contributed by atoms with Gasteiger partial charge in [-0.2, -0.15) is 0 Å². The van der Waals surface area contributed by atoms with Crippen molar-refractivity contribution >= 4 is 39.2 Å². The van der Waals surface area contributed by atoms with Gasteiger partial charge in [0.15, 0.2) is 0 Å². The molecule has 0 unspecified atom stereocenters. The molecule has 0 spiro atoms. The van der Waals surface area contributed by atoms with Crippen molar-refractivity contribution in [2.75, 3.05) is 7.11 Å². The molecule has 2 aromatic rings. The highest BCUT2D eigenvalue weighted by Gasteiger charge is 2.15. The summed E-state index contributed by atoms with van der Waals surface area (Å²) in [6.07, 6.45) is 0. The smallest absolute Gasteiger partial charge is 0.337 e. The third kappa shape index (κ3) is 4.45. The van der Waals surface area contributed by atoms with Crippen molar-refractivity contribution in [2.24, 2.45) is 0 Å². The fraction of sp³-hybridized carbons (Fsp3) is 0.133. The van der Waals surface area contributed by atoms with Gasteiger partial charge >= 0.3 is 5.97 Å². The van der Waals surface area contributed by atoms with Crippen molar-refractivity contribution in [3.63, 3.8) is 0 Å². The first-order valence-electron chi connectivity index (χ1n) is 6.45. The van der Waals surface area contributed by atoms with E-state index < -0.39 is 16.0 Å². The lowest BCUT2D eigenvalue weighted by atomic mass is 10.1. The molecule has 5 nitrogen and oxygen atoms in total. The maximum atomic E-state index is 12.2. The third-order valence-electron chi connectivity index (χ3n) is 3.04. The highest BCUT2D eigenvalue weighted by molar-refractivity contribution is 7.89. The maximum absolute atomic E-state index is 12.2. The molecule has 0 atom stereocenters. The van der Waals surface area contributed by atoms with Gasteiger partial charge in [-0.1, -0.05) is 35.3 Å². The predicted octanol–water partition coefficient (Wildman–Crippen LogP) is 3.26. The lowest BCUT2D eigenvalue weighted by Crippen LogP contribution is -2.23. The average molecular weight is 374 g/mol. The van der Waals surface area contributed by atoms with Gasteiger partial charge in [-0.3, -0.25) is 0 Å². The van der Waals surface area contributed by atoms with Gasteiger partial charge in [0.1, 0.15) is 0 Å². The fourth-order valence-corrected chi connectivity index (χ4v) is 3.19. The van der Waals surface area contributed by atoms with Gasteiger partial charge in [0, 0.05) is 6.54 Å². The van der Waals surface area contributed by atoms with Crippen LogP contribution in [0.25, 0.3) is 0 Å². The number of methoxy groups -OCH3 is 1. The van der Waals surface area contributed by atoms with E-state index >= 15 is 0 Å². The molecule has 0 aliphatic rings. The Labute approximate surface area is 144 Å². The van der Waals surface area contributed by atoms with Crippen LogP contribution in [0.2, 0.25) is 10.0 Å². The summed E-state index contributed by atoms with van der Waals surface area (Å²) in [5, 5.41) is 0.445. The Morgan fingerprint density at radius 1 is 1.09 bits per heavy atom. The summed E-state index contributed by atoms with van der Waals surface area (Å²) in [6.45, 7) is 0.0734. The Hall–Kier alpha value is -1.60. The number of esters is 1. The van der Waals surface area contributed by atoms with Crippen LogP contribution in [0, 0.1) is 0 Å². The minimum absolute atomic E-state index is 0.0260. The Balaban J connectivity index is 2.09. The number of carbonyl (C=O) groups is 1. The molecule has 2 rings (SSSR count). The Morgan fingerprint density at radius 2 is 1.74 bits per heavy atom. The van der Waals surface area contributed by atoms with E-state index in [1.165, 1.54) is 25.3 Å². The topological polar surface area (TPSA) is 72.5 Å². The Kier molecular flexibility index (Phi) is 5.64. The molecular formula is C15H13Cl2NO4S. The summed E-state index contributed by atoms with van der Waals surface area (Å²) >= 11 is 11.6. The van der Waals surface area contributed by atoms with Crippen LogP contribution >= 0.6 is 23.2 Å². The lowest BCUT2D eigenvalue weighted by Gasteiger charge is -2.08. The first-order valence-corrected chi connectivity index (χ1v) is 8.69. The number of hydrogen-bond donors (Lipinski definition) is 1. The Morgan fingerprint density at radius 3 is 2.30 bits per heavy atom. The minimum Gasteiger partial charge on any atom is -0.465 e. The number of nitrogens with one attached hydrogen (secondary N) is 1. The van der Waals surface area contributed by atoms with Crippen molar-refractivity contribution < 1.29 is 17.9 Å². The Bertz CT molecular complexity index is 820. The van der Waals surface area contributed by atoms with Gasteiger partial charge < -0.3 is 4.74 Å². The fourth-order valence-electron chi connectivity index (χ4n) is 1.78. The van der Waals surface area contributed by atoms with Gasteiger partial charge in [0.25, 0.3) is 0 Å². The first kappa shape index (κ1) is 17.7. The van der Waals surface area contributed by atoms with E-state index in [4.69, 9.17) is 23.2 Å². The zero-order valence-corrected chi connectivity index (χ0v) is 14.4. The molecule has 1 N–H and O–H groups in total. The van der Waals surface area contributed by atoms with Gasteiger partial charge in [-0.05, 0) is 35.9 Å². The number of sulfonamides is 1. The van der Waals surface area contributed by atoms with E-state index in [-0.39, 0.29) is 21.5 Å². The average Bonchev–Trinajstić information content (AvgIpc) is 2.55. The minimum atomic E-state index is -3.71. The molecule has 122 valence electrons. The molecule has 0 aromatic heterocycles. The monoisotopic (exact) mass is 373 g/mol. The van der Waals surface area contributed by atoms with Gasteiger partial charge in [0.05, 0.1) is 27.6 Å². The molecule has 0 aliphatic heterocycles. The summed E-state index contributed by atoms with van der Waals surface area (Å²) in [5.74, 6) is -0.451. The largest absolute Gasteiger partial charge is 0.465 e. The van der Waals surface area contributed by atoms with Gasteiger partial charge in [-0.25, -0.2) is 17.9 Å². The standard InChI is InChI=1S/C15H13Cl2NO4S/c1-22-15(19)11-4-2-10(3-5-11)9-18-23(20,21)12-6-7-13(16)14(17)8-12/h2-8,18H,9H2,1H3. The van der Waals surface area contributed by atoms with Crippen LogP contribution < -0.4 is 4.72 Å². The second kappa shape index (κ2) is 7.31. The van der Waals surface area contributed by atoms with Gasteiger partial charge in [0.2, 0.25) is 10.0 Å². The molecule has 0 aliphatic carbocycles. The summed E-state index contributed by atoms with van der Waals surface area (Å²) in [5.41, 5.74) is 1.09. The van der Waals surface area contributed by atoms with E-state index in [0.29, 0.717) is 11.1 Å². The van der Waals surface area contributed by atoms with Crippen molar-refractivity contribution in [1.29, 1.82) is 0 Å². The zero-order valence-electron chi connectivity index (χ0n) is 12.0. The van der Waals surface area contributed by atoms with Crippen LogP contribution in [-0.2, 0) is 21.3 Å². The van der Waals surface area contributed by atoms with Crippen LogP contribution in [0.1, 0.15) is 15.9 Å². The predicted molar refractivity (Wildman–Crippen MR) is 88.3 cm³/mol. The van der Waals surface area contributed by atoms with Crippen LogP contribution in [0.3, 0.4) is 0 Å². The maximum Gasteiger partial charge on any atom is 0.337 e. The zero-order chi connectivity index (χ0) is 17.0. The molecule has 0 saturated heterocycles. The molecule has 0 radical (unpaired) electrons. The number of halogens is 2. The third-order valence-corrected chi connectivity index (χ3v) is 5.18. The number of ether oxygens (including phenoxy) is 1. The lowest BCUT2D eigenvalue weighted by molar-refractivity contribution is 0.0600. The van der Waals surface area contributed by atoms with Crippen molar-refractivity contribution in [3.8, 4) is 0 Å². The summed E-state index contributed by atoms with van der Waals surface area (Å²) in [4.78, 5) is 11.4. The van der Waals surface area contributed by atoms with Crippen molar-refractivity contribution in [2.45, 2.75) is 11.4 Å². The van der Waals surface area contributed by atoms with E-state index in [1.807, 2.05) is 0 Å². The van der Waals surface area contributed by atoms with Crippen LogP contribution in [0.5, 0.6) is 0 Å². The van der Waals surface area contributed by atoms with Crippen LogP contribution in [-0.4, -0.2) is 21.5 Å².